The van der Waals surface area contributed by atoms with Gasteiger partial charge in [-0.2, -0.15) is 0 Å². The van der Waals surface area contributed by atoms with Crippen molar-refractivity contribution in [1.29, 1.82) is 0 Å². The van der Waals surface area contributed by atoms with Crippen molar-refractivity contribution in [3.05, 3.63) is 0 Å². The molecule has 46 valence electrons. The zero-order valence-electron chi connectivity index (χ0n) is 5.35. The van der Waals surface area contributed by atoms with Crippen molar-refractivity contribution >= 4 is 0 Å². The Balaban J connectivity index is 2.11. The summed E-state index contributed by atoms with van der Waals surface area (Å²) in [5, 5.41) is 3.55. The van der Waals surface area contributed by atoms with Gasteiger partial charge in [0.1, 0.15) is 0 Å². The molecule has 3 atom stereocenters. The predicted octanol–water partition coefficient (Wildman–Crippen LogP) is 1.15. The molecule has 8 heavy (non-hydrogen) atoms. The van der Waals surface area contributed by atoms with Gasteiger partial charge in [0.2, 0.25) is 0 Å². The minimum Gasteiger partial charge on any atom is -0.311 e. The maximum atomic E-state index is 3.55. The first-order valence-corrected chi connectivity index (χ1v) is 3.62. The summed E-state index contributed by atoms with van der Waals surface area (Å²) in [7, 11) is 0. The monoisotopic (exact) mass is 111 g/mol. The molecule has 1 saturated carbocycles. The fourth-order valence-electron chi connectivity index (χ4n) is 2.13. The van der Waals surface area contributed by atoms with Crippen molar-refractivity contribution < 1.29 is 0 Å². The number of hydrogen-bond acceptors (Lipinski definition) is 1. The van der Waals surface area contributed by atoms with Crippen molar-refractivity contribution in [2.75, 3.05) is 0 Å². The normalized spacial score (nSPS) is 52.9. The molecule has 1 nitrogen and oxygen atoms in total. The highest BCUT2D eigenvalue weighted by Gasteiger charge is 2.35. The minimum atomic E-state index is 0.828. The predicted molar refractivity (Wildman–Crippen MR) is 33.7 cm³/mol. The van der Waals surface area contributed by atoms with Crippen LogP contribution in [0.25, 0.3) is 0 Å². The third kappa shape index (κ3) is 0.510. The van der Waals surface area contributed by atoms with E-state index in [1.54, 1.807) is 0 Å². The topological polar surface area (TPSA) is 12.0 Å². The smallest absolute Gasteiger partial charge is 0.00729 e. The van der Waals surface area contributed by atoms with E-state index in [1.165, 1.54) is 19.3 Å². The van der Waals surface area contributed by atoms with Crippen LogP contribution in [0.15, 0.2) is 0 Å². The summed E-state index contributed by atoms with van der Waals surface area (Å²) in [5.41, 5.74) is 0. The van der Waals surface area contributed by atoms with Crippen LogP contribution in [0.2, 0.25) is 0 Å². The second kappa shape index (κ2) is 1.47. The first-order valence-electron chi connectivity index (χ1n) is 3.62. The van der Waals surface area contributed by atoms with Crippen LogP contribution in [0, 0.1) is 5.92 Å². The average molecular weight is 111 g/mol. The summed E-state index contributed by atoms with van der Waals surface area (Å²) < 4.78 is 0. The molecule has 1 aliphatic carbocycles. The fraction of sp³-hybridized carbons (Fsp3) is 1.00. The molecule has 0 radical (unpaired) electrons. The Kier molecular flexibility index (Phi) is 0.884. The first kappa shape index (κ1) is 4.80. The van der Waals surface area contributed by atoms with Crippen LogP contribution in [0.5, 0.6) is 0 Å². The van der Waals surface area contributed by atoms with Crippen LogP contribution in [-0.4, -0.2) is 12.1 Å². The lowest BCUT2D eigenvalue weighted by molar-refractivity contribution is 0.405. The van der Waals surface area contributed by atoms with Gasteiger partial charge in [-0.15, -0.1) is 0 Å². The van der Waals surface area contributed by atoms with Crippen LogP contribution >= 0.6 is 0 Å². The Morgan fingerprint density at radius 1 is 1.38 bits per heavy atom. The molecule has 1 heteroatoms. The molecular formula is C7H13N. The molecule has 0 aromatic rings. The maximum Gasteiger partial charge on any atom is 0.00729 e. The highest BCUT2D eigenvalue weighted by molar-refractivity contribution is 4.94. The van der Waals surface area contributed by atoms with Crippen LogP contribution in [-0.2, 0) is 0 Å². The summed E-state index contributed by atoms with van der Waals surface area (Å²) in [6.45, 7) is 2.31. The second-order valence-corrected chi connectivity index (χ2v) is 3.23. The molecule has 1 heterocycles. The number of hydrogen-bond donors (Lipinski definition) is 1. The summed E-state index contributed by atoms with van der Waals surface area (Å²) in [6, 6.07) is 1.73. The molecule has 2 fully saturated rings. The van der Waals surface area contributed by atoms with Gasteiger partial charge in [-0.05, 0) is 32.1 Å². The van der Waals surface area contributed by atoms with Crippen molar-refractivity contribution in [2.45, 2.75) is 38.3 Å². The molecule has 0 amide bonds. The van der Waals surface area contributed by atoms with Crippen molar-refractivity contribution in [3.8, 4) is 0 Å². The number of nitrogens with one attached hydrogen (secondary N) is 1. The lowest BCUT2D eigenvalue weighted by Crippen LogP contribution is -2.32. The molecule has 2 bridgehead atoms. The largest absolute Gasteiger partial charge is 0.311 e. The SMILES string of the molecule is C[C@@H]1NC2CCC1C2. The van der Waals surface area contributed by atoms with Gasteiger partial charge < -0.3 is 5.32 Å². The van der Waals surface area contributed by atoms with Gasteiger partial charge in [-0.3, -0.25) is 0 Å². The zero-order chi connectivity index (χ0) is 5.56. The summed E-state index contributed by atoms with van der Waals surface area (Å²) >= 11 is 0. The molecule has 1 N–H and O–H groups in total. The third-order valence-corrected chi connectivity index (χ3v) is 2.68. The maximum absolute atomic E-state index is 3.55. The lowest BCUT2D eigenvalue weighted by Gasteiger charge is -2.17. The molecule has 1 aliphatic heterocycles. The Hall–Kier alpha value is -0.0400. The summed E-state index contributed by atoms with van der Waals surface area (Å²) in [5.74, 6) is 1.03. The van der Waals surface area contributed by atoms with Crippen LogP contribution in [0.3, 0.4) is 0 Å². The van der Waals surface area contributed by atoms with Gasteiger partial charge in [0.15, 0.2) is 0 Å². The Bertz CT molecular complexity index is 98.6. The van der Waals surface area contributed by atoms with Crippen LogP contribution < -0.4 is 5.32 Å². The van der Waals surface area contributed by atoms with Gasteiger partial charge in [-0.1, -0.05) is 0 Å². The minimum absolute atomic E-state index is 0.828. The molecule has 2 aliphatic rings. The molecule has 1 saturated heterocycles. The molecular weight excluding hydrogens is 98.1 g/mol. The van der Waals surface area contributed by atoms with E-state index in [0.29, 0.717) is 0 Å². The van der Waals surface area contributed by atoms with Gasteiger partial charge >= 0.3 is 0 Å². The Labute approximate surface area is 50.5 Å². The molecule has 2 unspecified atom stereocenters. The van der Waals surface area contributed by atoms with E-state index in [9.17, 15) is 0 Å². The lowest BCUT2D eigenvalue weighted by atomic mass is 10.0. The second-order valence-electron chi connectivity index (χ2n) is 3.23. The van der Waals surface area contributed by atoms with Gasteiger partial charge in [0.25, 0.3) is 0 Å². The van der Waals surface area contributed by atoms with Crippen LogP contribution in [0.1, 0.15) is 26.2 Å². The molecule has 0 aromatic heterocycles. The van der Waals surface area contributed by atoms with E-state index < -0.39 is 0 Å². The van der Waals surface area contributed by atoms with E-state index in [2.05, 4.69) is 12.2 Å². The number of fused-ring (bicyclic) bond motifs is 2. The number of piperidine rings is 1. The highest BCUT2D eigenvalue weighted by atomic mass is 15.0. The van der Waals surface area contributed by atoms with E-state index in [1.807, 2.05) is 0 Å². The number of rotatable bonds is 0. The van der Waals surface area contributed by atoms with E-state index in [-0.39, 0.29) is 0 Å². The van der Waals surface area contributed by atoms with Crippen molar-refractivity contribution in [2.24, 2.45) is 5.92 Å². The zero-order valence-corrected chi connectivity index (χ0v) is 5.35. The fourth-order valence-corrected chi connectivity index (χ4v) is 2.13. The molecule has 0 aromatic carbocycles. The Morgan fingerprint density at radius 2 is 2.25 bits per heavy atom. The highest BCUT2D eigenvalue weighted by Crippen LogP contribution is 2.34. The molecule has 0 spiro atoms. The Morgan fingerprint density at radius 3 is 2.50 bits per heavy atom. The average Bonchev–Trinajstić information content (AvgIpc) is 2.23. The quantitative estimate of drug-likeness (QED) is 0.494. The van der Waals surface area contributed by atoms with E-state index in [0.717, 1.165) is 18.0 Å². The summed E-state index contributed by atoms with van der Waals surface area (Å²) in [6.07, 6.45) is 4.38. The van der Waals surface area contributed by atoms with E-state index in [4.69, 9.17) is 0 Å². The molecule has 2 rings (SSSR count). The third-order valence-electron chi connectivity index (χ3n) is 2.68. The first-order chi connectivity index (χ1) is 3.86. The summed E-state index contributed by atoms with van der Waals surface area (Å²) in [4.78, 5) is 0. The van der Waals surface area contributed by atoms with Gasteiger partial charge in [0.05, 0.1) is 0 Å². The van der Waals surface area contributed by atoms with Gasteiger partial charge in [0, 0.05) is 12.1 Å². The van der Waals surface area contributed by atoms with E-state index >= 15 is 0 Å². The van der Waals surface area contributed by atoms with Crippen molar-refractivity contribution in [3.63, 3.8) is 0 Å². The van der Waals surface area contributed by atoms with Crippen LogP contribution in [0.4, 0.5) is 0 Å². The van der Waals surface area contributed by atoms with Gasteiger partial charge in [-0.25, -0.2) is 0 Å². The van der Waals surface area contributed by atoms with Crippen molar-refractivity contribution in [1.82, 2.24) is 5.32 Å². The standard InChI is InChI=1S/C7H13N/c1-5-6-2-3-7(4-6)8-5/h5-8H,2-4H2,1H3/t5-,6?,7?/m0/s1.